The van der Waals surface area contributed by atoms with Crippen molar-refractivity contribution < 1.29 is 0 Å². The Kier molecular flexibility index (Phi) is 4.51. The molecule has 1 aromatic carbocycles. The number of hydrogen-bond donors (Lipinski definition) is 1. The molecule has 0 amide bonds. The minimum atomic E-state index is 0.299. The maximum atomic E-state index is 4.16. The minimum Gasteiger partial charge on any atom is -0.313 e. The van der Waals surface area contributed by atoms with Gasteiger partial charge < -0.3 is 5.32 Å². The summed E-state index contributed by atoms with van der Waals surface area (Å²) in [4.78, 5) is 0. The van der Waals surface area contributed by atoms with Crippen LogP contribution < -0.4 is 5.32 Å². The molecule has 1 aromatic rings. The lowest BCUT2D eigenvalue weighted by Gasteiger charge is -2.15. The highest BCUT2D eigenvalue weighted by Crippen LogP contribution is 2.22. The van der Waals surface area contributed by atoms with Crippen LogP contribution in [0.2, 0.25) is 0 Å². The Morgan fingerprint density at radius 3 is 2.62 bits per heavy atom. The maximum absolute atomic E-state index is 4.16. The van der Waals surface area contributed by atoms with Gasteiger partial charge in [0.05, 0.1) is 0 Å². The predicted octanol–water partition coefficient (Wildman–Crippen LogP) is 3.48. The van der Waals surface area contributed by atoms with Gasteiger partial charge in [0.25, 0.3) is 0 Å². The molecule has 0 saturated carbocycles. The second kappa shape index (κ2) is 5.66. The van der Waals surface area contributed by atoms with Crippen molar-refractivity contribution in [3.63, 3.8) is 0 Å². The summed E-state index contributed by atoms with van der Waals surface area (Å²) < 4.78 is 0. The van der Waals surface area contributed by atoms with Crippen molar-refractivity contribution in [3.8, 4) is 0 Å². The molecule has 1 nitrogen and oxygen atoms in total. The van der Waals surface area contributed by atoms with Gasteiger partial charge in [0, 0.05) is 6.04 Å². The topological polar surface area (TPSA) is 12.0 Å². The fraction of sp³-hybridized carbons (Fsp3) is 0.333. The zero-order valence-corrected chi connectivity index (χ0v) is 10.5. The standard InChI is InChI=1S/C15H21N/c1-6-14(16-5)10-13(4)15-8-7-11(2)9-12(15)3/h6-9,14,16H,1,4,10H2,2-3,5H3. The van der Waals surface area contributed by atoms with Crippen LogP contribution in [0.25, 0.3) is 5.57 Å². The van der Waals surface area contributed by atoms with Gasteiger partial charge in [-0.25, -0.2) is 0 Å². The van der Waals surface area contributed by atoms with E-state index in [0.717, 1.165) is 12.0 Å². The van der Waals surface area contributed by atoms with Gasteiger partial charge in [-0.05, 0) is 44.0 Å². The molecule has 1 atom stereocenters. The molecule has 86 valence electrons. The van der Waals surface area contributed by atoms with E-state index in [1.807, 2.05) is 13.1 Å². The molecule has 0 saturated heterocycles. The van der Waals surface area contributed by atoms with Gasteiger partial charge in [-0.3, -0.25) is 0 Å². The molecule has 0 radical (unpaired) electrons. The Morgan fingerprint density at radius 1 is 1.44 bits per heavy atom. The number of aryl methyl sites for hydroxylation is 2. The highest BCUT2D eigenvalue weighted by molar-refractivity contribution is 5.67. The van der Waals surface area contributed by atoms with Crippen LogP contribution in [0, 0.1) is 13.8 Å². The third kappa shape index (κ3) is 3.07. The van der Waals surface area contributed by atoms with E-state index in [1.165, 1.54) is 16.7 Å². The molecular formula is C15H21N. The number of benzene rings is 1. The smallest absolute Gasteiger partial charge is 0.0285 e. The molecule has 0 aliphatic rings. The van der Waals surface area contributed by atoms with E-state index in [4.69, 9.17) is 0 Å². The summed E-state index contributed by atoms with van der Waals surface area (Å²) in [6.07, 6.45) is 2.83. The van der Waals surface area contributed by atoms with E-state index in [0.29, 0.717) is 6.04 Å². The van der Waals surface area contributed by atoms with Gasteiger partial charge in [0.2, 0.25) is 0 Å². The Balaban J connectivity index is 2.84. The zero-order chi connectivity index (χ0) is 12.1. The molecule has 0 bridgehead atoms. The Hall–Kier alpha value is -1.34. The molecule has 0 spiro atoms. The number of likely N-dealkylation sites (N-methyl/N-ethyl adjacent to an activating group) is 1. The summed E-state index contributed by atoms with van der Waals surface area (Å²) in [5.74, 6) is 0. The lowest BCUT2D eigenvalue weighted by Crippen LogP contribution is -2.22. The first-order chi connectivity index (χ1) is 7.58. The van der Waals surface area contributed by atoms with Crippen molar-refractivity contribution in [2.45, 2.75) is 26.3 Å². The van der Waals surface area contributed by atoms with Gasteiger partial charge in [-0.15, -0.1) is 6.58 Å². The van der Waals surface area contributed by atoms with Gasteiger partial charge in [-0.1, -0.05) is 36.4 Å². The SMILES string of the molecule is C=CC(CC(=C)c1ccc(C)cc1C)NC. The van der Waals surface area contributed by atoms with Crippen molar-refractivity contribution in [3.05, 3.63) is 54.1 Å². The molecule has 1 unspecified atom stereocenters. The molecule has 0 heterocycles. The third-order valence-corrected chi connectivity index (χ3v) is 2.88. The van der Waals surface area contributed by atoms with Crippen molar-refractivity contribution in [2.75, 3.05) is 7.05 Å². The van der Waals surface area contributed by atoms with Crippen molar-refractivity contribution in [1.29, 1.82) is 0 Å². The summed E-state index contributed by atoms with van der Waals surface area (Å²) in [5, 5.41) is 3.20. The summed E-state index contributed by atoms with van der Waals surface area (Å²) >= 11 is 0. The first-order valence-electron chi connectivity index (χ1n) is 5.63. The van der Waals surface area contributed by atoms with Gasteiger partial charge in [0.15, 0.2) is 0 Å². The Labute approximate surface area is 98.9 Å². The highest BCUT2D eigenvalue weighted by atomic mass is 14.9. The molecule has 1 heteroatoms. The average molecular weight is 215 g/mol. The normalized spacial score (nSPS) is 12.2. The first-order valence-corrected chi connectivity index (χ1v) is 5.63. The van der Waals surface area contributed by atoms with Crippen molar-refractivity contribution in [2.24, 2.45) is 0 Å². The lowest BCUT2D eigenvalue weighted by atomic mass is 9.95. The van der Waals surface area contributed by atoms with Crippen molar-refractivity contribution in [1.82, 2.24) is 5.32 Å². The average Bonchev–Trinajstić information content (AvgIpc) is 2.25. The highest BCUT2D eigenvalue weighted by Gasteiger charge is 2.07. The summed E-state index contributed by atoms with van der Waals surface area (Å²) in [7, 11) is 1.95. The fourth-order valence-corrected chi connectivity index (χ4v) is 1.89. The van der Waals surface area contributed by atoms with Crippen molar-refractivity contribution >= 4 is 5.57 Å². The van der Waals surface area contributed by atoms with Gasteiger partial charge in [-0.2, -0.15) is 0 Å². The minimum absolute atomic E-state index is 0.299. The zero-order valence-electron chi connectivity index (χ0n) is 10.5. The van der Waals surface area contributed by atoms with E-state index in [-0.39, 0.29) is 0 Å². The van der Waals surface area contributed by atoms with Crippen LogP contribution in [-0.2, 0) is 0 Å². The Morgan fingerprint density at radius 2 is 2.12 bits per heavy atom. The summed E-state index contributed by atoms with van der Waals surface area (Å²) in [6, 6.07) is 6.79. The van der Waals surface area contributed by atoms with E-state index >= 15 is 0 Å². The third-order valence-electron chi connectivity index (χ3n) is 2.88. The number of rotatable bonds is 5. The van der Waals surface area contributed by atoms with Crippen LogP contribution in [0.1, 0.15) is 23.1 Å². The number of hydrogen-bond acceptors (Lipinski definition) is 1. The van der Waals surface area contributed by atoms with E-state index < -0.39 is 0 Å². The maximum Gasteiger partial charge on any atom is 0.0285 e. The molecule has 0 aliphatic carbocycles. The molecule has 1 rings (SSSR count). The quantitative estimate of drug-likeness (QED) is 0.741. The molecule has 16 heavy (non-hydrogen) atoms. The van der Waals surface area contributed by atoms with Crippen LogP contribution in [0.15, 0.2) is 37.4 Å². The Bertz CT molecular complexity index is 390. The van der Waals surface area contributed by atoms with Crippen LogP contribution in [0.5, 0.6) is 0 Å². The van der Waals surface area contributed by atoms with Crippen LogP contribution >= 0.6 is 0 Å². The van der Waals surface area contributed by atoms with Crippen LogP contribution in [-0.4, -0.2) is 13.1 Å². The summed E-state index contributed by atoms with van der Waals surface area (Å²) in [6.45, 7) is 12.2. The molecular weight excluding hydrogens is 194 g/mol. The molecule has 0 aliphatic heterocycles. The van der Waals surface area contributed by atoms with Gasteiger partial charge in [0.1, 0.15) is 0 Å². The first kappa shape index (κ1) is 12.7. The lowest BCUT2D eigenvalue weighted by molar-refractivity contribution is 0.686. The second-order valence-corrected chi connectivity index (χ2v) is 4.26. The monoisotopic (exact) mass is 215 g/mol. The number of nitrogens with one attached hydrogen (secondary N) is 1. The predicted molar refractivity (Wildman–Crippen MR) is 72.6 cm³/mol. The largest absolute Gasteiger partial charge is 0.313 e. The van der Waals surface area contributed by atoms with Crippen LogP contribution in [0.3, 0.4) is 0 Å². The fourth-order valence-electron chi connectivity index (χ4n) is 1.89. The molecule has 0 fully saturated rings. The van der Waals surface area contributed by atoms with E-state index in [2.05, 4.69) is 50.5 Å². The van der Waals surface area contributed by atoms with Crippen LogP contribution in [0.4, 0.5) is 0 Å². The van der Waals surface area contributed by atoms with E-state index in [9.17, 15) is 0 Å². The van der Waals surface area contributed by atoms with Gasteiger partial charge >= 0.3 is 0 Å². The molecule has 1 N–H and O–H groups in total. The van der Waals surface area contributed by atoms with E-state index in [1.54, 1.807) is 0 Å². The second-order valence-electron chi connectivity index (χ2n) is 4.26. The molecule has 0 aromatic heterocycles. The summed E-state index contributed by atoms with van der Waals surface area (Å²) in [5.41, 5.74) is 5.01.